The molecule has 0 unspecified atom stereocenters. The van der Waals surface area contributed by atoms with Crippen molar-refractivity contribution in [1.29, 1.82) is 0 Å². The zero-order chi connectivity index (χ0) is 23.5. The molecule has 1 amide bonds. The van der Waals surface area contributed by atoms with Crippen LogP contribution in [0.2, 0.25) is 10.0 Å². The Morgan fingerprint density at radius 1 is 0.875 bits per heavy atom. The molecule has 0 aliphatic rings. The van der Waals surface area contributed by atoms with Gasteiger partial charge in [-0.15, -0.1) is 0 Å². The smallest absolute Gasteiger partial charge is 0.265 e. The van der Waals surface area contributed by atoms with Crippen molar-refractivity contribution < 1.29 is 17.9 Å². The van der Waals surface area contributed by atoms with E-state index in [1.807, 2.05) is 32.0 Å². The second-order valence-electron chi connectivity index (χ2n) is 7.36. The largest absolute Gasteiger partial charge is 0.481 e. The van der Waals surface area contributed by atoms with E-state index < -0.39 is 16.1 Å². The molecule has 0 aromatic heterocycles. The first-order chi connectivity index (χ1) is 15.0. The molecule has 9 heteroatoms. The Morgan fingerprint density at radius 2 is 1.44 bits per heavy atom. The number of benzene rings is 3. The van der Waals surface area contributed by atoms with Gasteiger partial charge in [-0.2, -0.15) is 0 Å². The van der Waals surface area contributed by atoms with Gasteiger partial charge >= 0.3 is 0 Å². The Labute approximate surface area is 197 Å². The van der Waals surface area contributed by atoms with Gasteiger partial charge < -0.3 is 10.1 Å². The van der Waals surface area contributed by atoms with Gasteiger partial charge in [0.15, 0.2) is 6.10 Å². The number of aryl methyl sites for hydroxylation is 2. The second kappa shape index (κ2) is 9.81. The minimum Gasteiger partial charge on any atom is -0.481 e. The van der Waals surface area contributed by atoms with Gasteiger partial charge in [0, 0.05) is 15.7 Å². The van der Waals surface area contributed by atoms with Gasteiger partial charge in [-0.25, -0.2) is 8.42 Å². The molecule has 0 fully saturated rings. The minimum atomic E-state index is -3.86. The number of amides is 1. The number of sulfonamides is 1. The zero-order valence-electron chi connectivity index (χ0n) is 17.6. The number of ether oxygens (including phenoxy) is 1. The predicted molar refractivity (Wildman–Crippen MR) is 128 cm³/mol. The number of halogens is 2. The average Bonchev–Trinajstić information content (AvgIpc) is 2.66. The lowest BCUT2D eigenvalue weighted by Gasteiger charge is -2.16. The molecule has 2 N–H and O–H groups in total. The average molecular weight is 493 g/mol. The van der Waals surface area contributed by atoms with Crippen LogP contribution >= 0.6 is 23.2 Å². The highest BCUT2D eigenvalue weighted by Crippen LogP contribution is 2.25. The molecule has 3 rings (SSSR count). The summed E-state index contributed by atoms with van der Waals surface area (Å²) in [5.41, 5.74) is 2.77. The van der Waals surface area contributed by atoms with Crippen LogP contribution in [0.1, 0.15) is 18.1 Å². The Balaban J connectivity index is 1.66. The van der Waals surface area contributed by atoms with Crippen molar-refractivity contribution in [1.82, 2.24) is 0 Å². The van der Waals surface area contributed by atoms with E-state index >= 15 is 0 Å². The number of carbonyl (C=O) groups excluding carboxylic acids is 1. The van der Waals surface area contributed by atoms with E-state index in [2.05, 4.69) is 10.0 Å². The Hall–Kier alpha value is -2.74. The molecule has 0 spiro atoms. The fourth-order valence-electron chi connectivity index (χ4n) is 3.05. The van der Waals surface area contributed by atoms with Gasteiger partial charge in [0.25, 0.3) is 15.9 Å². The molecule has 0 heterocycles. The summed E-state index contributed by atoms with van der Waals surface area (Å²) < 4.78 is 33.4. The maximum absolute atomic E-state index is 12.6. The van der Waals surface area contributed by atoms with Crippen LogP contribution in [0.4, 0.5) is 11.4 Å². The van der Waals surface area contributed by atoms with Gasteiger partial charge in [-0.05, 0) is 86.5 Å². The molecule has 3 aromatic carbocycles. The number of rotatable bonds is 7. The number of hydrogen-bond donors (Lipinski definition) is 2. The highest BCUT2D eigenvalue weighted by atomic mass is 35.5. The van der Waals surface area contributed by atoms with E-state index in [9.17, 15) is 13.2 Å². The summed E-state index contributed by atoms with van der Waals surface area (Å²) in [6.07, 6.45) is -0.742. The number of nitrogens with one attached hydrogen (secondary N) is 2. The van der Waals surface area contributed by atoms with Crippen LogP contribution in [0.5, 0.6) is 5.75 Å². The standard InChI is InChI=1S/C23H22Cl2N2O4S/c1-14-8-15(2)10-21(9-14)31-16(3)23(28)26-19-4-6-22(7-5-19)32(29,30)27-20-12-17(24)11-18(25)13-20/h4-13,16,27H,1-3H3,(H,26,28)/t16-/m0/s1. The van der Waals surface area contributed by atoms with Gasteiger partial charge in [-0.1, -0.05) is 29.3 Å². The molecule has 0 aliphatic heterocycles. The quantitative estimate of drug-likeness (QED) is 0.435. The van der Waals surface area contributed by atoms with Crippen molar-refractivity contribution in [3.05, 3.63) is 81.8 Å². The fourth-order valence-corrected chi connectivity index (χ4v) is 4.61. The van der Waals surface area contributed by atoms with Crippen LogP contribution in [-0.4, -0.2) is 20.4 Å². The summed E-state index contributed by atoms with van der Waals surface area (Å²) in [5.74, 6) is 0.255. The van der Waals surface area contributed by atoms with E-state index in [0.29, 0.717) is 21.5 Å². The molecule has 0 radical (unpaired) electrons. The van der Waals surface area contributed by atoms with E-state index in [1.54, 1.807) is 6.92 Å². The van der Waals surface area contributed by atoms with Crippen LogP contribution < -0.4 is 14.8 Å². The zero-order valence-corrected chi connectivity index (χ0v) is 20.0. The van der Waals surface area contributed by atoms with E-state index in [1.165, 1.54) is 42.5 Å². The Kier molecular flexibility index (Phi) is 7.33. The fraction of sp³-hybridized carbons (Fsp3) is 0.174. The Bertz CT molecular complexity index is 1200. The minimum absolute atomic E-state index is 0.0196. The van der Waals surface area contributed by atoms with Crippen LogP contribution in [0, 0.1) is 13.8 Å². The topological polar surface area (TPSA) is 84.5 Å². The van der Waals surface area contributed by atoms with Gasteiger partial charge in [0.05, 0.1) is 10.6 Å². The summed E-state index contributed by atoms with van der Waals surface area (Å²) in [4.78, 5) is 12.5. The Morgan fingerprint density at radius 3 is 2.00 bits per heavy atom. The third kappa shape index (κ3) is 6.38. The van der Waals surface area contributed by atoms with E-state index in [4.69, 9.17) is 27.9 Å². The summed E-state index contributed by atoms with van der Waals surface area (Å²) in [5, 5.41) is 3.34. The molecule has 32 heavy (non-hydrogen) atoms. The number of anilines is 2. The normalized spacial score (nSPS) is 12.2. The summed E-state index contributed by atoms with van der Waals surface area (Å²) in [7, 11) is -3.86. The molecule has 3 aromatic rings. The number of hydrogen-bond acceptors (Lipinski definition) is 4. The van der Waals surface area contributed by atoms with Crippen molar-refractivity contribution in [2.75, 3.05) is 10.0 Å². The van der Waals surface area contributed by atoms with Crippen LogP contribution in [-0.2, 0) is 14.8 Å². The third-order valence-corrected chi connectivity index (χ3v) is 6.26. The molecule has 6 nitrogen and oxygen atoms in total. The van der Waals surface area contributed by atoms with Crippen molar-refractivity contribution in [2.24, 2.45) is 0 Å². The third-order valence-electron chi connectivity index (χ3n) is 4.42. The molecule has 1 atom stereocenters. The highest BCUT2D eigenvalue weighted by molar-refractivity contribution is 7.92. The van der Waals surface area contributed by atoms with Crippen molar-refractivity contribution in [3.63, 3.8) is 0 Å². The second-order valence-corrected chi connectivity index (χ2v) is 9.92. The highest BCUT2D eigenvalue weighted by Gasteiger charge is 2.18. The van der Waals surface area contributed by atoms with Crippen molar-refractivity contribution in [3.8, 4) is 5.75 Å². The molecule has 0 bridgehead atoms. The monoisotopic (exact) mass is 492 g/mol. The van der Waals surface area contributed by atoms with Crippen molar-refractivity contribution >= 4 is 50.5 Å². The van der Waals surface area contributed by atoms with E-state index in [-0.39, 0.29) is 16.5 Å². The molecule has 0 saturated heterocycles. The summed E-state index contributed by atoms with van der Waals surface area (Å²) >= 11 is 11.8. The van der Waals surface area contributed by atoms with Gasteiger partial charge in [0.2, 0.25) is 0 Å². The lowest BCUT2D eigenvalue weighted by atomic mass is 10.1. The summed E-state index contributed by atoms with van der Waals surface area (Å²) in [6.45, 7) is 5.55. The maximum Gasteiger partial charge on any atom is 0.265 e. The lowest BCUT2D eigenvalue weighted by molar-refractivity contribution is -0.122. The van der Waals surface area contributed by atoms with Gasteiger partial charge in [-0.3, -0.25) is 9.52 Å². The molecule has 0 aliphatic carbocycles. The molecular formula is C23H22Cl2N2O4S. The SMILES string of the molecule is Cc1cc(C)cc(O[C@@H](C)C(=O)Nc2ccc(S(=O)(=O)Nc3cc(Cl)cc(Cl)c3)cc2)c1. The van der Waals surface area contributed by atoms with Crippen LogP contribution in [0.3, 0.4) is 0 Å². The van der Waals surface area contributed by atoms with Crippen LogP contribution in [0.15, 0.2) is 65.6 Å². The first-order valence-electron chi connectivity index (χ1n) is 9.66. The van der Waals surface area contributed by atoms with Gasteiger partial charge in [0.1, 0.15) is 5.75 Å². The molecule has 168 valence electrons. The first kappa shape index (κ1) is 23.9. The lowest BCUT2D eigenvalue weighted by Crippen LogP contribution is -2.30. The number of carbonyl (C=O) groups is 1. The molecule has 0 saturated carbocycles. The van der Waals surface area contributed by atoms with E-state index in [0.717, 1.165) is 11.1 Å². The molecular weight excluding hydrogens is 471 g/mol. The summed E-state index contributed by atoms with van der Waals surface area (Å²) in [6, 6.07) is 15.9. The predicted octanol–water partition coefficient (Wildman–Crippen LogP) is 5.82. The van der Waals surface area contributed by atoms with Crippen LogP contribution in [0.25, 0.3) is 0 Å². The first-order valence-corrected chi connectivity index (χ1v) is 11.9. The van der Waals surface area contributed by atoms with Crippen molar-refractivity contribution in [2.45, 2.75) is 31.8 Å². The maximum atomic E-state index is 12.6.